The lowest BCUT2D eigenvalue weighted by molar-refractivity contribution is -0.142. The number of nitrogens with one attached hydrogen (secondary N) is 2. The highest BCUT2D eigenvalue weighted by atomic mass is 19.4. The first-order valence-electron chi connectivity index (χ1n) is 7.62. The maximum atomic E-state index is 12.3. The molecule has 1 fully saturated rings. The molecule has 1 aromatic heterocycles. The summed E-state index contributed by atoms with van der Waals surface area (Å²) in [5.41, 5.74) is 0.770. The Hall–Kier alpha value is -2.84. The molecule has 1 aliphatic rings. The van der Waals surface area contributed by atoms with Crippen LogP contribution >= 0.6 is 0 Å². The third-order valence-electron chi connectivity index (χ3n) is 3.53. The van der Waals surface area contributed by atoms with E-state index in [0.29, 0.717) is 15.9 Å². The molecule has 2 N–H and O–H groups in total. The van der Waals surface area contributed by atoms with E-state index in [2.05, 4.69) is 15.7 Å². The van der Waals surface area contributed by atoms with Gasteiger partial charge in [0.25, 0.3) is 11.8 Å². The van der Waals surface area contributed by atoms with Crippen molar-refractivity contribution in [1.29, 1.82) is 0 Å². The highest BCUT2D eigenvalue weighted by Crippen LogP contribution is 2.20. The molecule has 3 rings (SSSR count). The van der Waals surface area contributed by atoms with E-state index in [0.717, 1.165) is 25.2 Å². The van der Waals surface area contributed by atoms with Crippen LogP contribution in [0.2, 0.25) is 0 Å². The minimum absolute atomic E-state index is 0.00270. The smallest absolute Gasteiger partial charge is 0.349 e. The fourth-order valence-electron chi connectivity index (χ4n) is 2.19. The first-order valence-corrected chi connectivity index (χ1v) is 7.62. The van der Waals surface area contributed by atoms with E-state index in [1.165, 1.54) is 6.07 Å². The van der Waals surface area contributed by atoms with Crippen molar-refractivity contribution in [3.05, 3.63) is 47.8 Å². The Morgan fingerprint density at radius 2 is 1.96 bits per heavy atom. The average Bonchev–Trinajstić information content (AvgIpc) is 3.22. The van der Waals surface area contributed by atoms with Gasteiger partial charge in [-0.2, -0.15) is 18.3 Å². The molecule has 0 unspecified atom stereocenters. The van der Waals surface area contributed by atoms with Crippen molar-refractivity contribution in [2.45, 2.75) is 31.6 Å². The predicted molar refractivity (Wildman–Crippen MR) is 83.2 cm³/mol. The molecule has 1 saturated carbocycles. The summed E-state index contributed by atoms with van der Waals surface area (Å²) in [6.45, 7) is -1.27. The third-order valence-corrected chi connectivity index (χ3v) is 3.53. The molecular weight excluding hydrogens is 337 g/mol. The summed E-state index contributed by atoms with van der Waals surface area (Å²) in [4.78, 5) is 24.1. The first-order chi connectivity index (χ1) is 11.8. The van der Waals surface area contributed by atoms with E-state index in [9.17, 15) is 22.8 Å². The van der Waals surface area contributed by atoms with Crippen molar-refractivity contribution in [1.82, 2.24) is 15.1 Å². The van der Waals surface area contributed by atoms with Crippen LogP contribution in [-0.4, -0.2) is 33.8 Å². The predicted octanol–water partition coefficient (Wildman–Crippen LogP) is 2.59. The Labute approximate surface area is 141 Å². The summed E-state index contributed by atoms with van der Waals surface area (Å²) >= 11 is 0. The van der Waals surface area contributed by atoms with E-state index in [4.69, 9.17) is 0 Å². The molecule has 2 amide bonds. The first kappa shape index (κ1) is 17.0. The van der Waals surface area contributed by atoms with Crippen molar-refractivity contribution in [3.8, 4) is 0 Å². The second kappa shape index (κ2) is 6.58. The summed E-state index contributed by atoms with van der Waals surface area (Å²) in [6, 6.07) is 6.55. The number of benzene rings is 1. The molecule has 0 radical (unpaired) electrons. The fourth-order valence-corrected chi connectivity index (χ4v) is 2.19. The SMILES string of the molecule is O=C(Nc1cccc(C(=O)NC2CC2)c1)c1cnn(CC(F)(F)F)c1. The van der Waals surface area contributed by atoms with Crippen LogP contribution in [0.3, 0.4) is 0 Å². The van der Waals surface area contributed by atoms with E-state index in [1.807, 2.05) is 0 Å². The Morgan fingerprint density at radius 1 is 1.20 bits per heavy atom. The minimum atomic E-state index is -4.41. The largest absolute Gasteiger partial charge is 0.408 e. The molecule has 0 spiro atoms. The number of alkyl halides is 3. The quantitative estimate of drug-likeness (QED) is 0.868. The zero-order valence-electron chi connectivity index (χ0n) is 13.0. The molecule has 0 bridgehead atoms. The van der Waals surface area contributed by atoms with Gasteiger partial charge in [0, 0.05) is 23.5 Å². The van der Waals surface area contributed by atoms with Gasteiger partial charge >= 0.3 is 6.18 Å². The number of anilines is 1. The molecule has 9 heteroatoms. The van der Waals surface area contributed by atoms with Crippen LogP contribution in [0.25, 0.3) is 0 Å². The van der Waals surface area contributed by atoms with Crippen molar-refractivity contribution in [3.63, 3.8) is 0 Å². The Kier molecular flexibility index (Phi) is 4.47. The van der Waals surface area contributed by atoms with Gasteiger partial charge in [-0.25, -0.2) is 0 Å². The zero-order valence-corrected chi connectivity index (χ0v) is 13.0. The second-order valence-corrected chi connectivity index (χ2v) is 5.82. The highest BCUT2D eigenvalue weighted by molar-refractivity contribution is 6.04. The minimum Gasteiger partial charge on any atom is -0.349 e. The topological polar surface area (TPSA) is 76.0 Å². The van der Waals surface area contributed by atoms with E-state index in [1.54, 1.807) is 18.2 Å². The Bertz CT molecular complexity index is 797. The van der Waals surface area contributed by atoms with Crippen LogP contribution in [-0.2, 0) is 6.54 Å². The molecule has 25 heavy (non-hydrogen) atoms. The molecule has 0 aliphatic heterocycles. The maximum Gasteiger partial charge on any atom is 0.408 e. The number of carbonyl (C=O) groups is 2. The lowest BCUT2D eigenvalue weighted by Gasteiger charge is -2.07. The molecular formula is C16H15F3N4O2. The van der Waals surface area contributed by atoms with Crippen LogP contribution in [0.15, 0.2) is 36.7 Å². The van der Waals surface area contributed by atoms with E-state index >= 15 is 0 Å². The van der Waals surface area contributed by atoms with Crippen molar-refractivity contribution in [2.75, 3.05) is 5.32 Å². The molecule has 2 aromatic rings. The van der Waals surface area contributed by atoms with Gasteiger partial charge < -0.3 is 10.6 Å². The van der Waals surface area contributed by atoms with Crippen molar-refractivity contribution < 1.29 is 22.8 Å². The van der Waals surface area contributed by atoms with Gasteiger partial charge in [0.2, 0.25) is 0 Å². The van der Waals surface area contributed by atoms with Crippen LogP contribution < -0.4 is 10.6 Å². The number of amides is 2. The lowest BCUT2D eigenvalue weighted by atomic mass is 10.2. The summed E-state index contributed by atoms with van der Waals surface area (Å²) in [5, 5.41) is 8.90. The molecule has 1 heterocycles. The van der Waals surface area contributed by atoms with Gasteiger partial charge in [0.15, 0.2) is 0 Å². The summed E-state index contributed by atoms with van der Waals surface area (Å²) < 4.78 is 37.6. The van der Waals surface area contributed by atoms with Gasteiger partial charge in [-0.05, 0) is 31.0 Å². The average molecular weight is 352 g/mol. The van der Waals surface area contributed by atoms with Crippen LogP contribution in [0.1, 0.15) is 33.6 Å². The highest BCUT2D eigenvalue weighted by Gasteiger charge is 2.28. The number of nitrogens with zero attached hydrogens (tertiary/aromatic N) is 2. The normalized spacial score (nSPS) is 14.2. The summed E-state index contributed by atoms with van der Waals surface area (Å²) in [7, 11) is 0. The van der Waals surface area contributed by atoms with Crippen LogP contribution in [0.4, 0.5) is 18.9 Å². The van der Waals surface area contributed by atoms with Crippen LogP contribution in [0.5, 0.6) is 0 Å². The number of carbonyl (C=O) groups excluding carboxylic acids is 2. The molecule has 132 valence electrons. The molecule has 1 aromatic carbocycles. The summed E-state index contributed by atoms with van der Waals surface area (Å²) in [5.74, 6) is -0.829. The van der Waals surface area contributed by atoms with Crippen molar-refractivity contribution >= 4 is 17.5 Å². The lowest BCUT2D eigenvalue weighted by Crippen LogP contribution is -2.25. The second-order valence-electron chi connectivity index (χ2n) is 5.82. The van der Waals surface area contributed by atoms with Gasteiger partial charge in [-0.1, -0.05) is 6.07 Å². The summed E-state index contributed by atoms with van der Waals surface area (Å²) in [6.07, 6.45) is -0.408. The fraction of sp³-hybridized carbons (Fsp3) is 0.312. The Morgan fingerprint density at radius 3 is 2.64 bits per heavy atom. The number of hydrogen-bond donors (Lipinski definition) is 2. The number of hydrogen-bond acceptors (Lipinski definition) is 3. The molecule has 0 atom stereocenters. The molecule has 6 nitrogen and oxygen atoms in total. The third kappa shape index (κ3) is 4.82. The maximum absolute atomic E-state index is 12.3. The van der Waals surface area contributed by atoms with E-state index in [-0.39, 0.29) is 17.5 Å². The van der Waals surface area contributed by atoms with E-state index < -0.39 is 18.6 Å². The number of rotatable bonds is 5. The molecule has 0 saturated heterocycles. The monoisotopic (exact) mass is 352 g/mol. The van der Waals surface area contributed by atoms with Crippen molar-refractivity contribution in [2.24, 2.45) is 0 Å². The number of aromatic nitrogens is 2. The van der Waals surface area contributed by atoms with Crippen LogP contribution in [0, 0.1) is 0 Å². The zero-order chi connectivity index (χ0) is 18.0. The Balaban J connectivity index is 1.65. The van der Waals surface area contributed by atoms with Gasteiger partial charge in [0.05, 0.1) is 11.8 Å². The van der Waals surface area contributed by atoms with Gasteiger partial charge in [-0.3, -0.25) is 14.3 Å². The number of halogens is 3. The van der Waals surface area contributed by atoms with Gasteiger partial charge in [-0.15, -0.1) is 0 Å². The molecule has 1 aliphatic carbocycles. The standard InChI is InChI=1S/C16H15F3N4O2/c17-16(18,19)9-23-8-11(7-20-23)15(25)22-13-3-1-2-10(6-13)14(24)21-12-4-5-12/h1-3,6-8,12H,4-5,9H2,(H,21,24)(H,22,25). The van der Waals surface area contributed by atoms with Gasteiger partial charge in [0.1, 0.15) is 6.54 Å².